The molecule has 1 N–H and O–H groups in total. The third-order valence-electron chi connectivity index (χ3n) is 1.86. The van der Waals surface area contributed by atoms with Gasteiger partial charge in [0.2, 0.25) is 11.8 Å². The Labute approximate surface area is 96.7 Å². The van der Waals surface area contributed by atoms with Crippen LogP contribution in [0.5, 0.6) is 0 Å². The number of hydrogen-bond donors (Lipinski definition) is 1. The van der Waals surface area contributed by atoms with Crippen LogP contribution in [0.15, 0.2) is 10.9 Å². The lowest BCUT2D eigenvalue weighted by molar-refractivity contribution is -0.121. The predicted molar refractivity (Wildman–Crippen MR) is 58.7 cm³/mol. The van der Waals surface area contributed by atoms with Gasteiger partial charge in [0.25, 0.3) is 0 Å². The molecular weight excluding hydrogens is 262 g/mol. The molecule has 0 aliphatic heterocycles. The second kappa shape index (κ2) is 7.39. The fourth-order valence-corrected chi connectivity index (χ4v) is 1.48. The number of alkyl halides is 1. The number of nitrogens with zero attached hydrogens (tertiary/aromatic N) is 2. The fourth-order valence-electron chi connectivity index (χ4n) is 1.08. The van der Waals surface area contributed by atoms with Crippen LogP contribution in [0.4, 0.5) is 0 Å². The minimum Gasteiger partial charge on any atom is -0.356 e. The Morgan fingerprint density at radius 2 is 2.40 bits per heavy atom. The van der Waals surface area contributed by atoms with Crippen molar-refractivity contribution in [1.82, 2.24) is 15.5 Å². The molecule has 1 rings (SSSR count). The lowest BCUT2D eigenvalue weighted by atomic mass is 10.2. The van der Waals surface area contributed by atoms with E-state index < -0.39 is 0 Å². The van der Waals surface area contributed by atoms with E-state index in [9.17, 15) is 4.79 Å². The van der Waals surface area contributed by atoms with Gasteiger partial charge in [-0.05, 0) is 12.8 Å². The molecule has 0 atom stereocenters. The Bertz CT molecular complexity index is 277. The van der Waals surface area contributed by atoms with Crippen LogP contribution in [0.1, 0.15) is 25.2 Å². The van der Waals surface area contributed by atoms with Crippen LogP contribution in [-0.4, -0.2) is 27.9 Å². The third kappa shape index (κ3) is 5.51. The van der Waals surface area contributed by atoms with E-state index >= 15 is 0 Å². The van der Waals surface area contributed by atoms with Crippen molar-refractivity contribution in [2.24, 2.45) is 0 Å². The maximum atomic E-state index is 11.3. The average molecular weight is 276 g/mol. The first kappa shape index (κ1) is 12.2. The summed E-state index contributed by atoms with van der Waals surface area (Å²) in [6, 6.07) is 0. The van der Waals surface area contributed by atoms with Gasteiger partial charge in [-0.1, -0.05) is 21.1 Å². The van der Waals surface area contributed by atoms with E-state index in [4.69, 9.17) is 4.52 Å². The van der Waals surface area contributed by atoms with Gasteiger partial charge in [0.15, 0.2) is 6.33 Å². The SMILES string of the molecule is O=C(CCCCBr)NCCc1ncno1. The Balaban J connectivity index is 2.02. The van der Waals surface area contributed by atoms with Gasteiger partial charge in [0.1, 0.15) is 0 Å². The van der Waals surface area contributed by atoms with Gasteiger partial charge < -0.3 is 9.84 Å². The number of hydrogen-bond acceptors (Lipinski definition) is 4. The molecule has 1 aromatic heterocycles. The predicted octanol–water partition coefficient (Wildman–Crippen LogP) is 1.29. The topological polar surface area (TPSA) is 68.0 Å². The molecule has 1 heterocycles. The summed E-state index contributed by atoms with van der Waals surface area (Å²) >= 11 is 3.32. The summed E-state index contributed by atoms with van der Waals surface area (Å²) in [5.74, 6) is 0.631. The zero-order chi connectivity index (χ0) is 10.9. The quantitative estimate of drug-likeness (QED) is 0.602. The molecule has 0 saturated heterocycles. The molecular formula is C9H14BrN3O2. The Morgan fingerprint density at radius 1 is 1.53 bits per heavy atom. The van der Waals surface area contributed by atoms with E-state index in [0.29, 0.717) is 25.3 Å². The number of halogens is 1. The van der Waals surface area contributed by atoms with Crippen molar-refractivity contribution < 1.29 is 9.32 Å². The van der Waals surface area contributed by atoms with Gasteiger partial charge in [-0.3, -0.25) is 4.79 Å². The van der Waals surface area contributed by atoms with E-state index in [1.54, 1.807) is 0 Å². The zero-order valence-corrected chi connectivity index (χ0v) is 9.99. The van der Waals surface area contributed by atoms with Crippen molar-refractivity contribution in [3.8, 4) is 0 Å². The molecule has 0 spiro atoms. The highest BCUT2D eigenvalue weighted by atomic mass is 79.9. The maximum Gasteiger partial charge on any atom is 0.228 e. The van der Waals surface area contributed by atoms with Crippen LogP contribution in [0.3, 0.4) is 0 Å². The van der Waals surface area contributed by atoms with Crippen molar-refractivity contribution in [3.63, 3.8) is 0 Å². The van der Waals surface area contributed by atoms with Crippen molar-refractivity contribution in [3.05, 3.63) is 12.2 Å². The van der Waals surface area contributed by atoms with Gasteiger partial charge in [0.05, 0.1) is 0 Å². The third-order valence-corrected chi connectivity index (χ3v) is 2.42. The number of aromatic nitrogens is 2. The van der Waals surface area contributed by atoms with Crippen LogP contribution in [0.25, 0.3) is 0 Å². The molecule has 0 aliphatic carbocycles. The molecule has 0 saturated carbocycles. The van der Waals surface area contributed by atoms with E-state index in [0.717, 1.165) is 18.2 Å². The first-order valence-electron chi connectivity index (χ1n) is 4.91. The first-order chi connectivity index (χ1) is 7.33. The lowest BCUT2D eigenvalue weighted by Gasteiger charge is -2.02. The normalized spacial score (nSPS) is 10.2. The summed E-state index contributed by atoms with van der Waals surface area (Å²) in [5.41, 5.74) is 0. The van der Waals surface area contributed by atoms with E-state index in [2.05, 4.69) is 31.4 Å². The molecule has 6 heteroatoms. The molecule has 5 nitrogen and oxygen atoms in total. The smallest absolute Gasteiger partial charge is 0.228 e. The van der Waals surface area contributed by atoms with Gasteiger partial charge in [-0.2, -0.15) is 4.98 Å². The first-order valence-corrected chi connectivity index (χ1v) is 6.03. The number of amides is 1. The number of carbonyl (C=O) groups is 1. The van der Waals surface area contributed by atoms with Crippen LogP contribution >= 0.6 is 15.9 Å². The number of carbonyl (C=O) groups excluding carboxylic acids is 1. The fraction of sp³-hybridized carbons (Fsp3) is 0.667. The molecule has 0 radical (unpaired) electrons. The maximum absolute atomic E-state index is 11.3. The van der Waals surface area contributed by atoms with Crippen molar-refractivity contribution in [1.29, 1.82) is 0 Å². The van der Waals surface area contributed by atoms with Crippen molar-refractivity contribution in [2.75, 3.05) is 11.9 Å². The summed E-state index contributed by atoms with van der Waals surface area (Å²) in [6.45, 7) is 0.551. The van der Waals surface area contributed by atoms with Crippen LogP contribution < -0.4 is 5.32 Å². The summed E-state index contributed by atoms with van der Waals surface area (Å²) < 4.78 is 4.80. The molecule has 1 amide bonds. The zero-order valence-electron chi connectivity index (χ0n) is 8.41. The second-order valence-corrected chi connectivity index (χ2v) is 3.87. The van der Waals surface area contributed by atoms with Crippen molar-refractivity contribution in [2.45, 2.75) is 25.7 Å². The van der Waals surface area contributed by atoms with Gasteiger partial charge >= 0.3 is 0 Å². The Kier molecular flexibility index (Phi) is 5.99. The average Bonchev–Trinajstić information content (AvgIpc) is 2.71. The molecule has 0 aromatic carbocycles. The molecule has 0 fully saturated rings. The number of unbranched alkanes of at least 4 members (excludes halogenated alkanes) is 1. The Hall–Kier alpha value is -0.910. The monoisotopic (exact) mass is 275 g/mol. The van der Waals surface area contributed by atoms with Crippen LogP contribution in [0, 0.1) is 0 Å². The molecule has 0 unspecified atom stereocenters. The summed E-state index contributed by atoms with van der Waals surface area (Å²) in [7, 11) is 0. The van der Waals surface area contributed by atoms with Gasteiger partial charge in [0, 0.05) is 24.7 Å². The second-order valence-electron chi connectivity index (χ2n) is 3.08. The highest BCUT2D eigenvalue weighted by Crippen LogP contribution is 1.98. The summed E-state index contributed by atoms with van der Waals surface area (Å²) in [6.07, 6.45) is 4.46. The molecule has 84 valence electrons. The highest BCUT2D eigenvalue weighted by Gasteiger charge is 2.02. The molecule has 1 aromatic rings. The molecule has 0 aliphatic rings. The Morgan fingerprint density at radius 3 is 3.07 bits per heavy atom. The largest absolute Gasteiger partial charge is 0.356 e. The van der Waals surface area contributed by atoms with Crippen LogP contribution in [-0.2, 0) is 11.2 Å². The van der Waals surface area contributed by atoms with E-state index in [-0.39, 0.29) is 5.91 Å². The van der Waals surface area contributed by atoms with Crippen molar-refractivity contribution >= 4 is 21.8 Å². The lowest BCUT2D eigenvalue weighted by Crippen LogP contribution is -2.25. The highest BCUT2D eigenvalue weighted by molar-refractivity contribution is 9.09. The van der Waals surface area contributed by atoms with Crippen LogP contribution in [0.2, 0.25) is 0 Å². The minimum atomic E-state index is 0.0791. The standard InChI is InChI=1S/C9H14BrN3O2/c10-5-2-1-3-8(14)11-6-4-9-12-7-13-15-9/h7H,1-6H2,(H,11,14). The molecule has 15 heavy (non-hydrogen) atoms. The number of rotatable bonds is 7. The molecule has 0 bridgehead atoms. The summed E-state index contributed by atoms with van der Waals surface area (Å²) in [5, 5.41) is 7.22. The van der Waals surface area contributed by atoms with Gasteiger partial charge in [-0.15, -0.1) is 0 Å². The minimum absolute atomic E-state index is 0.0791. The van der Waals surface area contributed by atoms with E-state index in [1.165, 1.54) is 6.33 Å². The van der Waals surface area contributed by atoms with E-state index in [1.807, 2.05) is 0 Å². The summed E-state index contributed by atoms with van der Waals surface area (Å²) in [4.78, 5) is 15.1. The number of nitrogens with one attached hydrogen (secondary N) is 1. The van der Waals surface area contributed by atoms with Gasteiger partial charge in [-0.25, -0.2) is 0 Å².